The van der Waals surface area contributed by atoms with Crippen LogP contribution in [0.4, 0.5) is 0 Å². The lowest BCUT2D eigenvalue weighted by atomic mass is 10.2. The third-order valence-electron chi connectivity index (χ3n) is 1.63. The molecule has 0 heterocycles. The SMILES string of the molecule is O=C(CCCCS)N[C@@H](CS)C(=O)O. The fourth-order valence-corrected chi connectivity index (χ4v) is 1.32. The van der Waals surface area contributed by atoms with Crippen LogP contribution in [0.1, 0.15) is 19.3 Å². The number of rotatable bonds is 7. The molecule has 0 aromatic rings. The van der Waals surface area contributed by atoms with E-state index in [9.17, 15) is 9.59 Å². The summed E-state index contributed by atoms with van der Waals surface area (Å²) in [5, 5.41) is 11.0. The van der Waals surface area contributed by atoms with Gasteiger partial charge in [0.2, 0.25) is 5.91 Å². The van der Waals surface area contributed by atoms with Crippen LogP contribution in [0, 0.1) is 0 Å². The summed E-state index contributed by atoms with van der Waals surface area (Å²) in [5.41, 5.74) is 0. The topological polar surface area (TPSA) is 66.4 Å². The van der Waals surface area contributed by atoms with Gasteiger partial charge in [0.15, 0.2) is 0 Å². The van der Waals surface area contributed by atoms with Gasteiger partial charge in [0.05, 0.1) is 0 Å². The highest BCUT2D eigenvalue weighted by Gasteiger charge is 2.17. The fraction of sp³-hybridized carbons (Fsp3) is 0.750. The molecule has 0 aromatic carbocycles. The van der Waals surface area contributed by atoms with Crippen LogP contribution >= 0.6 is 25.3 Å². The first kappa shape index (κ1) is 13.6. The molecule has 1 amide bonds. The molecule has 0 bridgehead atoms. The lowest BCUT2D eigenvalue weighted by Gasteiger charge is -2.11. The zero-order valence-electron chi connectivity index (χ0n) is 7.77. The molecule has 0 unspecified atom stereocenters. The van der Waals surface area contributed by atoms with E-state index in [4.69, 9.17) is 5.11 Å². The van der Waals surface area contributed by atoms with E-state index < -0.39 is 12.0 Å². The number of aliphatic carboxylic acids is 1. The second-order valence-corrected chi connectivity index (χ2v) is 3.63. The van der Waals surface area contributed by atoms with Crippen molar-refractivity contribution in [2.24, 2.45) is 0 Å². The molecule has 0 aliphatic heterocycles. The van der Waals surface area contributed by atoms with Crippen LogP contribution in [-0.4, -0.2) is 34.5 Å². The molecule has 0 aliphatic rings. The minimum absolute atomic E-state index is 0.105. The van der Waals surface area contributed by atoms with Crippen molar-refractivity contribution in [2.75, 3.05) is 11.5 Å². The van der Waals surface area contributed by atoms with Crippen molar-refractivity contribution in [1.29, 1.82) is 0 Å². The van der Waals surface area contributed by atoms with E-state index in [1.54, 1.807) is 0 Å². The Bertz CT molecular complexity index is 199. The lowest BCUT2D eigenvalue weighted by Crippen LogP contribution is -2.42. The van der Waals surface area contributed by atoms with E-state index in [0.29, 0.717) is 6.42 Å². The Labute approximate surface area is 94.3 Å². The van der Waals surface area contributed by atoms with Crippen molar-refractivity contribution in [2.45, 2.75) is 25.3 Å². The van der Waals surface area contributed by atoms with Gasteiger partial charge in [-0.05, 0) is 18.6 Å². The van der Waals surface area contributed by atoms with Gasteiger partial charge in [-0.25, -0.2) is 4.79 Å². The van der Waals surface area contributed by atoms with Crippen molar-refractivity contribution in [3.63, 3.8) is 0 Å². The molecule has 0 aromatic heterocycles. The Hall–Kier alpha value is -0.360. The second-order valence-electron chi connectivity index (χ2n) is 2.82. The molecule has 0 rings (SSSR count). The van der Waals surface area contributed by atoms with Gasteiger partial charge in [-0.15, -0.1) is 0 Å². The molecule has 0 saturated heterocycles. The van der Waals surface area contributed by atoms with Gasteiger partial charge in [-0.2, -0.15) is 25.3 Å². The summed E-state index contributed by atoms with van der Waals surface area (Å²) in [6.45, 7) is 0. The number of carboxylic acid groups (broad SMARTS) is 1. The highest BCUT2D eigenvalue weighted by atomic mass is 32.1. The summed E-state index contributed by atoms with van der Waals surface area (Å²) >= 11 is 7.84. The number of thiol groups is 2. The summed E-state index contributed by atoms with van der Waals surface area (Å²) in [5.74, 6) is -0.452. The molecule has 6 heteroatoms. The summed E-state index contributed by atoms with van der Waals surface area (Å²) in [6, 6.07) is -0.887. The standard InChI is InChI=1S/C8H15NO3S2/c10-7(3-1-2-4-13)9-6(5-14)8(11)12/h6,13-14H,1-5H2,(H,9,10)(H,11,12)/t6-/m0/s1. The van der Waals surface area contributed by atoms with E-state index in [2.05, 4.69) is 30.6 Å². The van der Waals surface area contributed by atoms with Crippen LogP contribution in [0.25, 0.3) is 0 Å². The molecular formula is C8H15NO3S2. The third kappa shape index (κ3) is 6.15. The smallest absolute Gasteiger partial charge is 0.327 e. The zero-order chi connectivity index (χ0) is 11.0. The van der Waals surface area contributed by atoms with E-state index in [0.717, 1.165) is 18.6 Å². The maximum absolute atomic E-state index is 11.2. The molecule has 82 valence electrons. The highest BCUT2D eigenvalue weighted by molar-refractivity contribution is 7.80. The lowest BCUT2D eigenvalue weighted by molar-refractivity contribution is -0.141. The number of carbonyl (C=O) groups is 2. The summed E-state index contributed by atoms with van der Waals surface area (Å²) in [6.07, 6.45) is 1.93. The van der Waals surface area contributed by atoms with E-state index in [1.165, 1.54) is 0 Å². The van der Waals surface area contributed by atoms with Crippen molar-refractivity contribution >= 4 is 37.1 Å². The number of amides is 1. The first-order valence-corrected chi connectivity index (χ1v) is 5.62. The van der Waals surface area contributed by atoms with Crippen molar-refractivity contribution in [1.82, 2.24) is 5.32 Å². The Balaban J connectivity index is 3.74. The second kappa shape index (κ2) is 7.99. The van der Waals surface area contributed by atoms with Crippen LogP contribution in [0.2, 0.25) is 0 Å². The van der Waals surface area contributed by atoms with Crippen molar-refractivity contribution in [3.8, 4) is 0 Å². The summed E-state index contributed by atoms with van der Waals surface area (Å²) in [4.78, 5) is 21.7. The molecule has 0 radical (unpaired) electrons. The molecule has 14 heavy (non-hydrogen) atoms. The van der Waals surface area contributed by atoms with Gasteiger partial charge in [-0.1, -0.05) is 0 Å². The minimum Gasteiger partial charge on any atom is -0.480 e. The van der Waals surface area contributed by atoms with Gasteiger partial charge in [0.1, 0.15) is 6.04 Å². The molecule has 0 spiro atoms. The molecule has 4 nitrogen and oxygen atoms in total. The molecule has 0 aliphatic carbocycles. The van der Waals surface area contributed by atoms with Gasteiger partial charge in [0, 0.05) is 12.2 Å². The fourth-order valence-electron chi connectivity index (χ4n) is 0.849. The molecule has 2 N–H and O–H groups in total. The first-order chi connectivity index (χ1) is 6.61. The molecule has 0 saturated carbocycles. The average Bonchev–Trinajstić information content (AvgIpc) is 2.14. The predicted octanol–water partition coefficient (Wildman–Crippen LogP) is 0.586. The Morgan fingerprint density at radius 1 is 1.29 bits per heavy atom. The van der Waals surface area contributed by atoms with Crippen molar-refractivity contribution in [3.05, 3.63) is 0 Å². The van der Waals surface area contributed by atoms with E-state index in [-0.39, 0.29) is 11.7 Å². The number of hydrogen-bond acceptors (Lipinski definition) is 4. The average molecular weight is 237 g/mol. The largest absolute Gasteiger partial charge is 0.480 e. The maximum Gasteiger partial charge on any atom is 0.327 e. The Morgan fingerprint density at radius 2 is 1.93 bits per heavy atom. The Kier molecular flexibility index (Phi) is 7.78. The van der Waals surface area contributed by atoms with Crippen LogP contribution < -0.4 is 5.32 Å². The normalized spacial score (nSPS) is 12.1. The molecule has 0 fully saturated rings. The zero-order valence-corrected chi connectivity index (χ0v) is 9.56. The van der Waals surface area contributed by atoms with Crippen LogP contribution in [-0.2, 0) is 9.59 Å². The number of nitrogens with one attached hydrogen (secondary N) is 1. The number of carboxylic acids is 1. The summed E-state index contributed by atoms with van der Waals surface area (Å²) < 4.78 is 0. The molecule has 1 atom stereocenters. The van der Waals surface area contributed by atoms with Crippen LogP contribution in [0.3, 0.4) is 0 Å². The minimum atomic E-state index is -1.05. The van der Waals surface area contributed by atoms with Gasteiger partial charge >= 0.3 is 5.97 Å². The first-order valence-electron chi connectivity index (χ1n) is 4.35. The van der Waals surface area contributed by atoms with Crippen LogP contribution in [0.15, 0.2) is 0 Å². The molecular weight excluding hydrogens is 222 g/mol. The number of hydrogen-bond donors (Lipinski definition) is 4. The van der Waals surface area contributed by atoms with Gasteiger partial charge in [-0.3, -0.25) is 4.79 Å². The Morgan fingerprint density at radius 3 is 2.36 bits per heavy atom. The monoisotopic (exact) mass is 237 g/mol. The number of unbranched alkanes of at least 4 members (excludes halogenated alkanes) is 1. The summed E-state index contributed by atoms with van der Waals surface area (Å²) in [7, 11) is 0. The van der Waals surface area contributed by atoms with E-state index >= 15 is 0 Å². The maximum atomic E-state index is 11.2. The number of carbonyl (C=O) groups excluding carboxylic acids is 1. The predicted molar refractivity (Wildman–Crippen MR) is 61.1 cm³/mol. The van der Waals surface area contributed by atoms with Crippen LogP contribution in [0.5, 0.6) is 0 Å². The quantitative estimate of drug-likeness (QED) is 0.387. The van der Waals surface area contributed by atoms with E-state index in [1.807, 2.05) is 0 Å². The van der Waals surface area contributed by atoms with Crippen molar-refractivity contribution < 1.29 is 14.7 Å². The van der Waals surface area contributed by atoms with Gasteiger partial charge < -0.3 is 10.4 Å². The third-order valence-corrected chi connectivity index (χ3v) is 2.31. The highest BCUT2D eigenvalue weighted by Crippen LogP contribution is 1.98. The van der Waals surface area contributed by atoms with Gasteiger partial charge in [0.25, 0.3) is 0 Å².